The average molecular weight is 213 g/mol. The summed E-state index contributed by atoms with van der Waals surface area (Å²) in [4.78, 5) is 13.0. The highest BCUT2D eigenvalue weighted by atomic mass is 16.1. The molecule has 0 aromatic heterocycles. The van der Waals surface area contributed by atoms with Gasteiger partial charge in [-0.3, -0.25) is 4.79 Å². The van der Waals surface area contributed by atoms with E-state index in [9.17, 15) is 4.79 Å². The smallest absolute Gasteiger partial charge is 0.217 e. The molecule has 4 nitrogen and oxygen atoms in total. The van der Waals surface area contributed by atoms with E-state index >= 15 is 0 Å². The van der Waals surface area contributed by atoms with Crippen LogP contribution in [0, 0.1) is 0 Å². The first kappa shape index (κ1) is 12.5. The molecule has 0 aliphatic carbocycles. The normalized spacial score (nSPS) is 17.1. The van der Waals surface area contributed by atoms with Crippen molar-refractivity contribution >= 4 is 5.91 Å². The molecule has 3 N–H and O–H groups in total. The molecule has 1 fully saturated rings. The number of primary amides is 1. The number of hydrogen-bond acceptors (Lipinski definition) is 3. The Morgan fingerprint density at radius 1 is 1.20 bits per heavy atom. The molecule has 1 heterocycles. The zero-order valence-electron chi connectivity index (χ0n) is 9.50. The summed E-state index contributed by atoms with van der Waals surface area (Å²) in [6, 6.07) is 0. The summed E-state index contributed by atoms with van der Waals surface area (Å²) in [5, 5.41) is 3.33. The number of rotatable bonds is 8. The van der Waals surface area contributed by atoms with Gasteiger partial charge >= 0.3 is 0 Å². The maximum Gasteiger partial charge on any atom is 0.217 e. The molecule has 0 atom stereocenters. The molecule has 0 aromatic carbocycles. The largest absolute Gasteiger partial charge is 0.370 e. The van der Waals surface area contributed by atoms with Crippen LogP contribution in [0.3, 0.4) is 0 Å². The Morgan fingerprint density at radius 3 is 2.53 bits per heavy atom. The third kappa shape index (κ3) is 6.47. The first-order chi connectivity index (χ1) is 7.29. The minimum absolute atomic E-state index is 0.200. The van der Waals surface area contributed by atoms with Crippen LogP contribution in [0.5, 0.6) is 0 Å². The fraction of sp³-hybridized carbons (Fsp3) is 0.909. The van der Waals surface area contributed by atoms with Crippen molar-refractivity contribution in [3.63, 3.8) is 0 Å². The highest BCUT2D eigenvalue weighted by Crippen LogP contribution is 2.06. The lowest BCUT2D eigenvalue weighted by Crippen LogP contribution is -2.25. The third-order valence-corrected chi connectivity index (χ3v) is 2.80. The monoisotopic (exact) mass is 213 g/mol. The quantitative estimate of drug-likeness (QED) is 0.571. The van der Waals surface area contributed by atoms with Gasteiger partial charge < -0.3 is 16.0 Å². The van der Waals surface area contributed by atoms with Gasteiger partial charge in [-0.05, 0) is 58.4 Å². The van der Waals surface area contributed by atoms with E-state index in [1.54, 1.807) is 0 Å². The average Bonchev–Trinajstić information content (AvgIpc) is 2.68. The molecule has 0 bridgehead atoms. The van der Waals surface area contributed by atoms with Gasteiger partial charge in [0.2, 0.25) is 5.91 Å². The summed E-state index contributed by atoms with van der Waals surface area (Å²) < 4.78 is 0. The summed E-state index contributed by atoms with van der Waals surface area (Å²) in [6.45, 7) is 5.73. The Balaban J connectivity index is 1.78. The first-order valence-electron chi connectivity index (χ1n) is 6.00. The van der Waals surface area contributed by atoms with Gasteiger partial charge in [0.05, 0.1) is 0 Å². The van der Waals surface area contributed by atoms with Crippen LogP contribution in [0.4, 0.5) is 0 Å². The van der Waals surface area contributed by atoms with E-state index in [4.69, 9.17) is 5.73 Å². The Hall–Kier alpha value is -0.610. The zero-order chi connectivity index (χ0) is 10.9. The summed E-state index contributed by atoms with van der Waals surface area (Å²) in [7, 11) is 0. The van der Waals surface area contributed by atoms with Crippen molar-refractivity contribution in [3.05, 3.63) is 0 Å². The maximum atomic E-state index is 10.4. The van der Waals surface area contributed by atoms with E-state index in [0.717, 1.165) is 19.5 Å². The lowest BCUT2D eigenvalue weighted by molar-refractivity contribution is -0.118. The minimum atomic E-state index is -0.200. The maximum absolute atomic E-state index is 10.4. The van der Waals surface area contributed by atoms with Crippen molar-refractivity contribution in [3.8, 4) is 0 Å². The van der Waals surface area contributed by atoms with Crippen LogP contribution in [0.2, 0.25) is 0 Å². The second-order valence-electron chi connectivity index (χ2n) is 4.22. The highest BCUT2D eigenvalue weighted by molar-refractivity contribution is 5.73. The predicted octanol–water partition coefficient (Wildman–Crippen LogP) is 0.327. The zero-order valence-corrected chi connectivity index (χ0v) is 9.50. The molecule has 0 aromatic rings. The van der Waals surface area contributed by atoms with Gasteiger partial charge in [-0.1, -0.05) is 0 Å². The summed E-state index contributed by atoms with van der Waals surface area (Å²) >= 11 is 0. The molecule has 4 heteroatoms. The molecular weight excluding hydrogens is 190 g/mol. The van der Waals surface area contributed by atoms with Crippen molar-refractivity contribution < 1.29 is 4.79 Å². The summed E-state index contributed by atoms with van der Waals surface area (Å²) in [6.07, 6.45) is 5.30. The number of hydrogen-bond donors (Lipinski definition) is 2. The van der Waals surface area contributed by atoms with Crippen LogP contribution >= 0.6 is 0 Å². The lowest BCUT2D eigenvalue weighted by Gasteiger charge is -2.14. The molecule has 1 rings (SSSR count). The Bertz CT molecular complexity index is 179. The molecule has 1 aliphatic rings. The molecule has 0 unspecified atom stereocenters. The van der Waals surface area contributed by atoms with Crippen LogP contribution in [0.15, 0.2) is 0 Å². The van der Waals surface area contributed by atoms with Crippen molar-refractivity contribution in [2.75, 3.05) is 32.7 Å². The van der Waals surface area contributed by atoms with Gasteiger partial charge in [-0.15, -0.1) is 0 Å². The van der Waals surface area contributed by atoms with E-state index in [-0.39, 0.29) is 5.91 Å². The van der Waals surface area contributed by atoms with E-state index in [2.05, 4.69) is 10.2 Å². The SMILES string of the molecule is NC(=O)CCCNCCCN1CCCC1. The fourth-order valence-corrected chi connectivity index (χ4v) is 1.95. The Morgan fingerprint density at radius 2 is 1.87 bits per heavy atom. The standard InChI is InChI=1S/C11H23N3O/c12-11(15)5-3-6-13-7-4-10-14-8-1-2-9-14/h13H,1-10H2,(H2,12,15). The van der Waals surface area contributed by atoms with Crippen LogP contribution in [-0.2, 0) is 4.79 Å². The number of nitrogens with one attached hydrogen (secondary N) is 1. The topological polar surface area (TPSA) is 58.4 Å². The lowest BCUT2D eigenvalue weighted by atomic mass is 10.3. The molecule has 0 spiro atoms. The second kappa shape index (κ2) is 7.65. The van der Waals surface area contributed by atoms with Crippen LogP contribution in [0.25, 0.3) is 0 Å². The Labute approximate surface area is 92.2 Å². The summed E-state index contributed by atoms with van der Waals surface area (Å²) in [5.74, 6) is -0.200. The van der Waals surface area contributed by atoms with E-state index in [1.165, 1.54) is 38.9 Å². The molecule has 15 heavy (non-hydrogen) atoms. The van der Waals surface area contributed by atoms with Gasteiger partial charge in [0.1, 0.15) is 0 Å². The molecule has 88 valence electrons. The van der Waals surface area contributed by atoms with Gasteiger partial charge in [0.15, 0.2) is 0 Å². The number of amides is 1. The number of nitrogens with two attached hydrogens (primary N) is 1. The van der Waals surface area contributed by atoms with E-state index in [1.807, 2.05) is 0 Å². The van der Waals surface area contributed by atoms with Crippen molar-refractivity contribution in [1.29, 1.82) is 0 Å². The Kier molecular flexibility index (Phi) is 6.36. The molecule has 0 saturated carbocycles. The van der Waals surface area contributed by atoms with Gasteiger partial charge in [-0.2, -0.15) is 0 Å². The predicted molar refractivity (Wildman–Crippen MR) is 61.6 cm³/mol. The van der Waals surface area contributed by atoms with Gasteiger partial charge in [0, 0.05) is 6.42 Å². The molecule has 1 aliphatic heterocycles. The van der Waals surface area contributed by atoms with Crippen LogP contribution < -0.4 is 11.1 Å². The van der Waals surface area contributed by atoms with Gasteiger partial charge in [0.25, 0.3) is 0 Å². The number of carbonyl (C=O) groups is 1. The molecule has 1 saturated heterocycles. The van der Waals surface area contributed by atoms with Crippen LogP contribution in [-0.4, -0.2) is 43.5 Å². The highest BCUT2D eigenvalue weighted by Gasteiger charge is 2.09. The molecule has 0 radical (unpaired) electrons. The van der Waals surface area contributed by atoms with E-state index in [0.29, 0.717) is 6.42 Å². The van der Waals surface area contributed by atoms with Gasteiger partial charge in [-0.25, -0.2) is 0 Å². The third-order valence-electron chi connectivity index (χ3n) is 2.80. The first-order valence-corrected chi connectivity index (χ1v) is 6.00. The van der Waals surface area contributed by atoms with Crippen molar-refractivity contribution in [2.24, 2.45) is 5.73 Å². The molecular formula is C11H23N3O. The van der Waals surface area contributed by atoms with Crippen molar-refractivity contribution in [2.45, 2.75) is 32.1 Å². The van der Waals surface area contributed by atoms with E-state index < -0.39 is 0 Å². The second-order valence-corrected chi connectivity index (χ2v) is 4.22. The summed E-state index contributed by atoms with van der Waals surface area (Å²) in [5.41, 5.74) is 5.04. The fourth-order valence-electron chi connectivity index (χ4n) is 1.95. The minimum Gasteiger partial charge on any atom is -0.370 e. The van der Waals surface area contributed by atoms with Crippen LogP contribution in [0.1, 0.15) is 32.1 Å². The van der Waals surface area contributed by atoms with Crippen molar-refractivity contribution in [1.82, 2.24) is 10.2 Å². The number of likely N-dealkylation sites (tertiary alicyclic amines) is 1. The number of carbonyl (C=O) groups excluding carboxylic acids is 1. The molecule has 1 amide bonds. The number of nitrogens with zero attached hydrogens (tertiary/aromatic N) is 1.